The maximum absolute atomic E-state index is 8.62. The van der Waals surface area contributed by atoms with E-state index in [4.69, 9.17) is 21.3 Å². The first-order valence-corrected chi connectivity index (χ1v) is 10.3. The number of rotatable bonds is 2. The van der Waals surface area contributed by atoms with Crippen molar-refractivity contribution in [2.24, 2.45) is 5.73 Å². The molecule has 2 aliphatic rings. The van der Waals surface area contributed by atoms with Crippen molar-refractivity contribution < 1.29 is 4.74 Å². The summed E-state index contributed by atoms with van der Waals surface area (Å²) in [6.07, 6.45) is 8.13. The molecule has 1 fully saturated rings. The molecule has 1 aromatic carbocycles. The molecule has 0 saturated carbocycles. The summed E-state index contributed by atoms with van der Waals surface area (Å²) in [6.45, 7) is 1.76. The lowest BCUT2D eigenvalue weighted by Gasteiger charge is -2.30. The lowest BCUT2D eigenvalue weighted by molar-refractivity contribution is 0.176. The van der Waals surface area contributed by atoms with Gasteiger partial charge in [0.15, 0.2) is 0 Å². The molecule has 2 heterocycles. The van der Waals surface area contributed by atoms with E-state index in [-0.39, 0.29) is 12.1 Å². The highest BCUT2D eigenvalue weighted by Crippen LogP contribution is 2.37. The summed E-state index contributed by atoms with van der Waals surface area (Å²) in [5.74, 6) is 1.05. The maximum Gasteiger partial charge on any atom is 0.203 e. The number of nitrogens with zero attached hydrogens (tertiary/aromatic N) is 2. The van der Waals surface area contributed by atoms with Crippen LogP contribution < -0.4 is 16.0 Å². The van der Waals surface area contributed by atoms with Gasteiger partial charge in [-0.05, 0) is 48.9 Å². The molecule has 1 saturated heterocycles. The molecule has 4 N–H and O–H groups in total. The molecular weight excluding hydrogens is 350 g/mol. The van der Waals surface area contributed by atoms with Crippen LogP contribution in [-0.4, -0.2) is 28.5 Å². The van der Waals surface area contributed by atoms with E-state index in [2.05, 4.69) is 17.0 Å². The molecule has 2 atom stereocenters. The van der Waals surface area contributed by atoms with E-state index in [1.807, 2.05) is 18.2 Å². The van der Waals surface area contributed by atoms with Gasteiger partial charge in [0.1, 0.15) is 17.3 Å². The third kappa shape index (κ3) is 3.83. The SMILES string of the molecule is N=C(N1CCCCCC1)n1cc(O[C@@H]2CC[C@H](N)c3ccccc32)ccc1=N. The number of hydrogen-bond acceptors (Lipinski definition) is 4. The van der Waals surface area contributed by atoms with E-state index >= 15 is 0 Å². The van der Waals surface area contributed by atoms with Crippen molar-refractivity contribution in [1.29, 1.82) is 10.8 Å². The van der Waals surface area contributed by atoms with Crippen LogP contribution in [-0.2, 0) is 0 Å². The molecule has 1 aliphatic heterocycles. The Labute approximate surface area is 166 Å². The van der Waals surface area contributed by atoms with E-state index in [0.717, 1.165) is 49.9 Å². The van der Waals surface area contributed by atoms with Gasteiger partial charge < -0.3 is 15.4 Å². The molecule has 0 spiro atoms. The Morgan fingerprint density at radius 3 is 2.43 bits per heavy atom. The first kappa shape index (κ1) is 18.7. The van der Waals surface area contributed by atoms with Gasteiger partial charge in [-0.3, -0.25) is 15.4 Å². The topological polar surface area (TPSA) is 91.1 Å². The van der Waals surface area contributed by atoms with Crippen LogP contribution in [0.25, 0.3) is 0 Å². The number of nitrogens with one attached hydrogen (secondary N) is 2. The smallest absolute Gasteiger partial charge is 0.203 e. The fraction of sp³-hybridized carbons (Fsp3) is 0.455. The zero-order chi connectivity index (χ0) is 19.5. The second-order valence-electron chi connectivity index (χ2n) is 7.76. The van der Waals surface area contributed by atoms with Crippen molar-refractivity contribution in [3.8, 4) is 5.75 Å². The summed E-state index contributed by atoms with van der Waals surface area (Å²) in [5, 5.41) is 16.9. The Balaban J connectivity index is 1.57. The van der Waals surface area contributed by atoms with E-state index in [1.54, 1.807) is 16.8 Å². The number of benzene rings is 1. The highest BCUT2D eigenvalue weighted by molar-refractivity contribution is 5.79. The molecule has 28 heavy (non-hydrogen) atoms. The van der Waals surface area contributed by atoms with Crippen LogP contribution in [0.15, 0.2) is 42.6 Å². The van der Waals surface area contributed by atoms with Gasteiger partial charge in [0.05, 0.1) is 6.20 Å². The molecule has 4 rings (SSSR count). The van der Waals surface area contributed by atoms with Crippen LogP contribution in [0.1, 0.15) is 61.8 Å². The summed E-state index contributed by atoms with van der Waals surface area (Å²) in [7, 11) is 0. The number of pyridine rings is 1. The minimum absolute atomic E-state index is 0.0478. The molecule has 6 heteroatoms. The standard InChI is InChI=1S/C22H29N5O/c23-19-10-11-20(18-8-4-3-7-17(18)19)28-16-9-12-21(24)27(15-16)22(25)26-13-5-1-2-6-14-26/h3-4,7-9,12,15,19-20,24-25H,1-2,5-6,10-11,13-14,23H2/t19-,20+/m0/s1. The van der Waals surface area contributed by atoms with Gasteiger partial charge >= 0.3 is 0 Å². The third-order valence-corrected chi connectivity index (χ3v) is 5.82. The van der Waals surface area contributed by atoms with Crippen molar-refractivity contribution in [3.05, 3.63) is 59.2 Å². The van der Waals surface area contributed by atoms with Crippen molar-refractivity contribution >= 4 is 5.96 Å². The largest absolute Gasteiger partial charge is 0.484 e. The number of likely N-dealkylation sites (tertiary alicyclic amines) is 1. The zero-order valence-corrected chi connectivity index (χ0v) is 16.2. The molecule has 1 aliphatic carbocycles. The Kier molecular flexibility index (Phi) is 5.48. The molecule has 0 unspecified atom stereocenters. The minimum Gasteiger partial charge on any atom is -0.484 e. The maximum atomic E-state index is 8.62. The quantitative estimate of drug-likeness (QED) is 0.550. The van der Waals surface area contributed by atoms with E-state index in [9.17, 15) is 0 Å². The van der Waals surface area contributed by atoms with E-state index in [0.29, 0.717) is 17.2 Å². The van der Waals surface area contributed by atoms with Crippen LogP contribution >= 0.6 is 0 Å². The molecule has 6 nitrogen and oxygen atoms in total. The van der Waals surface area contributed by atoms with Crippen LogP contribution in [0, 0.1) is 10.8 Å². The Morgan fingerprint density at radius 2 is 1.68 bits per heavy atom. The van der Waals surface area contributed by atoms with Crippen LogP contribution in [0.5, 0.6) is 5.75 Å². The van der Waals surface area contributed by atoms with E-state index < -0.39 is 0 Å². The average molecular weight is 380 g/mol. The van der Waals surface area contributed by atoms with Gasteiger partial charge in [-0.2, -0.15) is 0 Å². The summed E-state index contributed by atoms with van der Waals surface area (Å²) in [4.78, 5) is 2.07. The first-order chi connectivity index (χ1) is 13.6. The second-order valence-corrected chi connectivity index (χ2v) is 7.76. The Bertz CT molecular complexity index is 898. The Morgan fingerprint density at radius 1 is 0.964 bits per heavy atom. The van der Waals surface area contributed by atoms with Gasteiger partial charge in [-0.1, -0.05) is 37.1 Å². The minimum atomic E-state index is -0.0478. The number of hydrogen-bond donors (Lipinski definition) is 3. The third-order valence-electron chi connectivity index (χ3n) is 5.82. The van der Waals surface area contributed by atoms with Crippen molar-refractivity contribution in [3.63, 3.8) is 0 Å². The molecule has 0 radical (unpaired) electrons. The van der Waals surface area contributed by atoms with Crippen LogP contribution in [0.3, 0.4) is 0 Å². The van der Waals surface area contributed by atoms with Gasteiger partial charge in [0, 0.05) is 19.1 Å². The lowest BCUT2D eigenvalue weighted by Crippen LogP contribution is -2.40. The predicted molar refractivity (Wildman–Crippen MR) is 109 cm³/mol. The van der Waals surface area contributed by atoms with Crippen LogP contribution in [0.4, 0.5) is 0 Å². The van der Waals surface area contributed by atoms with Gasteiger partial charge in [-0.25, -0.2) is 0 Å². The number of aromatic nitrogens is 1. The van der Waals surface area contributed by atoms with Crippen molar-refractivity contribution in [2.45, 2.75) is 50.7 Å². The van der Waals surface area contributed by atoms with E-state index in [1.165, 1.54) is 12.8 Å². The highest BCUT2D eigenvalue weighted by Gasteiger charge is 2.26. The lowest BCUT2D eigenvalue weighted by atomic mass is 9.86. The molecule has 0 amide bonds. The summed E-state index contributed by atoms with van der Waals surface area (Å²) >= 11 is 0. The normalized spacial score (nSPS) is 22.2. The molecule has 148 valence electrons. The zero-order valence-electron chi connectivity index (χ0n) is 16.2. The molecule has 2 aromatic rings. The van der Waals surface area contributed by atoms with Gasteiger partial charge in [0.2, 0.25) is 5.96 Å². The first-order valence-electron chi connectivity index (χ1n) is 10.3. The summed E-state index contributed by atoms with van der Waals surface area (Å²) < 4.78 is 7.94. The van der Waals surface area contributed by atoms with Crippen molar-refractivity contribution in [2.75, 3.05) is 13.1 Å². The fourth-order valence-corrected chi connectivity index (χ4v) is 4.23. The van der Waals surface area contributed by atoms with Crippen molar-refractivity contribution in [1.82, 2.24) is 9.47 Å². The van der Waals surface area contributed by atoms with Crippen LogP contribution in [0.2, 0.25) is 0 Å². The average Bonchev–Trinajstić information content (AvgIpc) is 3.01. The molecule has 0 bridgehead atoms. The summed E-state index contributed by atoms with van der Waals surface area (Å²) in [6, 6.07) is 11.8. The Hall–Kier alpha value is -2.60. The second kappa shape index (κ2) is 8.19. The predicted octanol–water partition coefficient (Wildman–Crippen LogP) is 3.54. The fourth-order valence-electron chi connectivity index (χ4n) is 4.23. The number of fused-ring (bicyclic) bond motifs is 1. The van der Waals surface area contributed by atoms with Gasteiger partial charge in [-0.15, -0.1) is 0 Å². The van der Waals surface area contributed by atoms with Gasteiger partial charge in [0.25, 0.3) is 0 Å². The summed E-state index contributed by atoms with van der Waals surface area (Å²) in [5.41, 5.74) is 8.86. The molecule has 1 aromatic heterocycles. The number of nitrogens with two attached hydrogens (primary N) is 1. The molecular formula is C22H29N5O. The number of ether oxygens (including phenoxy) is 1. The highest BCUT2D eigenvalue weighted by atomic mass is 16.5. The monoisotopic (exact) mass is 379 g/mol.